The fourth-order valence-electron chi connectivity index (χ4n) is 3.81. The van der Waals surface area contributed by atoms with Gasteiger partial charge < -0.3 is 9.47 Å². The third-order valence-corrected chi connectivity index (χ3v) is 5.60. The molecular formula is C23H37F3O4. The number of cyclic esters (lactones) is 1. The van der Waals surface area contributed by atoms with Gasteiger partial charge >= 0.3 is 18.1 Å². The number of hydrogen-bond donors (Lipinski definition) is 0. The second kappa shape index (κ2) is 14.5. The SMILES string of the molecule is C=C[C@@H]1CC(=O)O[C@@H]1CCCCCCCCCCCCC[C@@H](C)OC(=O)C(F)(F)F. The Morgan fingerprint density at radius 2 is 1.57 bits per heavy atom. The zero-order chi connectivity index (χ0) is 22.4. The Labute approximate surface area is 178 Å². The van der Waals surface area contributed by atoms with E-state index in [9.17, 15) is 22.8 Å². The number of carbonyl (C=O) groups excluding carboxylic acids is 2. The molecule has 0 aromatic carbocycles. The van der Waals surface area contributed by atoms with Crippen LogP contribution in [-0.2, 0) is 19.1 Å². The summed E-state index contributed by atoms with van der Waals surface area (Å²) >= 11 is 0. The zero-order valence-electron chi connectivity index (χ0n) is 18.2. The van der Waals surface area contributed by atoms with Crippen LogP contribution < -0.4 is 0 Å². The minimum atomic E-state index is -4.91. The molecule has 0 aromatic heterocycles. The molecule has 0 bridgehead atoms. The van der Waals surface area contributed by atoms with Gasteiger partial charge in [0.05, 0.1) is 12.5 Å². The van der Waals surface area contributed by atoms with Crippen LogP contribution in [0.1, 0.15) is 96.8 Å². The highest BCUT2D eigenvalue weighted by atomic mass is 19.4. The van der Waals surface area contributed by atoms with Gasteiger partial charge in [0.15, 0.2) is 0 Å². The number of carbonyl (C=O) groups is 2. The fraction of sp³-hybridized carbons (Fsp3) is 0.826. The van der Waals surface area contributed by atoms with Crippen molar-refractivity contribution in [3.63, 3.8) is 0 Å². The molecule has 0 amide bonds. The maximum Gasteiger partial charge on any atom is 0.490 e. The van der Waals surface area contributed by atoms with Crippen LogP contribution in [-0.4, -0.2) is 30.3 Å². The molecule has 0 N–H and O–H groups in total. The first kappa shape index (κ1) is 26.5. The first-order valence-electron chi connectivity index (χ1n) is 11.3. The van der Waals surface area contributed by atoms with Gasteiger partial charge in [0.25, 0.3) is 0 Å². The molecule has 0 spiro atoms. The third kappa shape index (κ3) is 11.6. The molecule has 1 heterocycles. The lowest BCUT2D eigenvalue weighted by Gasteiger charge is -2.14. The summed E-state index contributed by atoms with van der Waals surface area (Å²) in [5, 5.41) is 0. The van der Waals surface area contributed by atoms with Gasteiger partial charge in [-0.1, -0.05) is 63.9 Å². The molecular weight excluding hydrogens is 397 g/mol. The van der Waals surface area contributed by atoms with Crippen molar-refractivity contribution in [1.82, 2.24) is 0 Å². The van der Waals surface area contributed by atoms with Gasteiger partial charge in [-0.05, 0) is 32.6 Å². The van der Waals surface area contributed by atoms with Crippen molar-refractivity contribution in [2.75, 3.05) is 0 Å². The molecule has 1 rings (SSSR count). The smallest absolute Gasteiger partial charge is 0.462 e. The maximum atomic E-state index is 12.1. The Bertz CT molecular complexity index is 519. The average Bonchev–Trinajstić information content (AvgIpc) is 3.04. The zero-order valence-corrected chi connectivity index (χ0v) is 18.2. The lowest BCUT2D eigenvalue weighted by Crippen LogP contribution is -2.28. The van der Waals surface area contributed by atoms with E-state index in [1.54, 1.807) is 0 Å². The molecule has 0 radical (unpaired) electrons. The van der Waals surface area contributed by atoms with Crippen LogP contribution >= 0.6 is 0 Å². The van der Waals surface area contributed by atoms with Crippen LogP contribution in [0.5, 0.6) is 0 Å². The molecule has 1 saturated heterocycles. The van der Waals surface area contributed by atoms with Crippen molar-refractivity contribution in [1.29, 1.82) is 0 Å². The Morgan fingerprint density at radius 3 is 2.07 bits per heavy atom. The summed E-state index contributed by atoms with van der Waals surface area (Å²) in [6, 6.07) is 0. The lowest BCUT2D eigenvalue weighted by atomic mass is 9.96. The van der Waals surface area contributed by atoms with Crippen molar-refractivity contribution in [3.8, 4) is 0 Å². The molecule has 7 heteroatoms. The number of ether oxygens (including phenoxy) is 2. The molecule has 0 unspecified atom stereocenters. The van der Waals surface area contributed by atoms with E-state index in [4.69, 9.17) is 4.74 Å². The summed E-state index contributed by atoms with van der Waals surface area (Å²) in [5.74, 6) is -2.03. The summed E-state index contributed by atoms with van der Waals surface area (Å²) < 4.78 is 46.0. The topological polar surface area (TPSA) is 52.6 Å². The van der Waals surface area contributed by atoms with Gasteiger partial charge in [-0.2, -0.15) is 13.2 Å². The summed E-state index contributed by atoms with van der Waals surface area (Å²) in [5.41, 5.74) is 0. The summed E-state index contributed by atoms with van der Waals surface area (Å²) in [7, 11) is 0. The molecule has 0 aromatic rings. The molecule has 1 aliphatic rings. The average molecular weight is 435 g/mol. The van der Waals surface area contributed by atoms with E-state index in [1.807, 2.05) is 6.08 Å². The number of halogens is 3. The highest BCUT2D eigenvalue weighted by Gasteiger charge is 2.41. The number of esters is 2. The van der Waals surface area contributed by atoms with Gasteiger partial charge in [-0.15, -0.1) is 6.58 Å². The fourth-order valence-corrected chi connectivity index (χ4v) is 3.81. The Balaban J connectivity index is 1.85. The van der Waals surface area contributed by atoms with Crippen molar-refractivity contribution in [2.45, 2.75) is 115 Å². The van der Waals surface area contributed by atoms with E-state index >= 15 is 0 Å². The lowest BCUT2D eigenvalue weighted by molar-refractivity contribution is -0.204. The predicted octanol–water partition coefficient (Wildman–Crippen LogP) is 6.67. The summed E-state index contributed by atoms with van der Waals surface area (Å²) in [6.07, 6.45) is 10.3. The number of hydrogen-bond acceptors (Lipinski definition) is 4. The highest BCUT2D eigenvalue weighted by molar-refractivity contribution is 5.75. The van der Waals surface area contributed by atoms with Gasteiger partial charge in [-0.25, -0.2) is 4.79 Å². The predicted molar refractivity (Wildman–Crippen MR) is 110 cm³/mol. The monoisotopic (exact) mass is 434 g/mol. The normalized spacial score (nSPS) is 20.1. The molecule has 0 saturated carbocycles. The highest BCUT2D eigenvalue weighted by Crippen LogP contribution is 2.27. The second-order valence-corrected chi connectivity index (χ2v) is 8.31. The van der Waals surface area contributed by atoms with Gasteiger partial charge in [0.1, 0.15) is 6.10 Å². The molecule has 0 aliphatic carbocycles. The van der Waals surface area contributed by atoms with Crippen LogP contribution in [0.25, 0.3) is 0 Å². The number of alkyl halides is 3. The largest absolute Gasteiger partial charge is 0.490 e. The first-order valence-corrected chi connectivity index (χ1v) is 11.3. The Morgan fingerprint density at radius 1 is 1.07 bits per heavy atom. The van der Waals surface area contributed by atoms with Crippen LogP contribution in [0.4, 0.5) is 13.2 Å². The molecule has 4 nitrogen and oxygen atoms in total. The quantitative estimate of drug-likeness (QED) is 0.155. The second-order valence-electron chi connectivity index (χ2n) is 8.31. The minimum absolute atomic E-state index is 0.0228. The van der Waals surface area contributed by atoms with Crippen LogP contribution in [0.15, 0.2) is 12.7 Å². The van der Waals surface area contributed by atoms with Crippen molar-refractivity contribution < 1.29 is 32.2 Å². The van der Waals surface area contributed by atoms with Crippen molar-refractivity contribution in [3.05, 3.63) is 12.7 Å². The minimum Gasteiger partial charge on any atom is -0.462 e. The summed E-state index contributed by atoms with van der Waals surface area (Å²) in [4.78, 5) is 22.0. The van der Waals surface area contributed by atoms with Crippen LogP contribution in [0.3, 0.4) is 0 Å². The maximum absolute atomic E-state index is 12.1. The standard InChI is InChI=1S/C23H37F3O4/c1-3-19-17-21(27)30-20(19)16-14-12-10-8-6-4-5-7-9-11-13-15-18(2)29-22(28)23(24,25)26/h3,18-20H,1,4-17H2,2H3/t18-,19-,20-/m1/s1. The van der Waals surface area contributed by atoms with E-state index in [-0.39, 0.29) is 18.0 Å². The molecule has 1 aliphatic heterocycles. The summed E-state index contributed by atoms with van der Waals surface area (Å²) in [6.45, 7) is 5.28. The molecule has 3 atom stereocenters. The van der Waals surface area contributed by atoms with Gasteiger partial charge in [-0.3, -0.25) is 4.79 Å². The van der Waals surface area contributed by atoms with Crippen molar-refractivity contribution >= 4 is 11.9 Å². The molecule has 30 heavy (non-hydrogen) atoms. The molecule has 174 valence electrons. The molecule has 1 fully saturated rings. The van der Waals surface area contributed by atoms with E-state index in [0.717, 1.165) is 44.9 Å². The number of unbranched alkanes of at least 4 members (excludes halogenated alkanes) is 10. The van der Waals surface area contributed by atoms with E-state index in [2.05, 4.69) is 11.3 Å². The van der Waals surface area contributed by atoms with E-state index in [1.165, 1.54) is 39.0 Å². The van der Waals surface area contributed by atoms with Gasteiger partial charge in [0.2, 0.25) is 0 Å². The van der Waals surface area contributed by atoms with E-state index < -0.39 is 18.2 Å². The van der Waals surface area contributed by atoms with Crippen LogP contribution in [0, 0.1) is 5.92 Å². The van der Waals surface area contributed by atoms with Gasteiger partial charge in [0, 0.05) is 5.92 Å². The Kier molecular flexibility index (Phi) is 12.8. The third-order valence-electron chi connectivity index (χ3n) is 5.60. The van der Waals surface area contributed by atoms with E-state index in [0.29, 0.717) is 12.8 Å². The Hall–Kier alpha value is -1.53. The van der Waals surface area contributed by atoms with Crippen LogP contribution in [0.2, 0.25) is 0 Å². The number of rotatable bonds is 16. The first-order chi connectivity index (χ1) is 14.2. The van der Waals surface area contributed by atoms with Crippen molar-refractivity contribution in [2.24, 2.45) is 5.92 Å².